The molecule has 1 aromatic rings. The molecule has 0 aromatic heterocycles. The molecule has 0 aliphatic rings. The predicted octanol–water partition coefficient (Wildman–Crippen LogP) is 2.59. The highest BCUT2D eigenvalue weighted by Gasteiger charge is 2.08. The molecule has 0 atom stereocenters. The summed E-state index contributed by atoms with van der Waals surface area (Å²) in [4.78, 5) is 0. The first-order valence-electron chi connectivity index (χ1n) is 5.76. The lowest BCUT2D eigenvalue weighted by atomic mass is 10.1. The van der Waals surface area contributed by atoms with E-state index in [1.807, 2.05) is 18.2 Å². The highest BCUT2D eigenvalue weighted by molar-refractivity contribution is 7.86. The van der Waals surface area contributed by atoms with E-state index >= 15 is 0 Å². The third-order valence-electron chi connectivity index (χ3n) is 2.29. The van der Waals surface area contributed by atoms with E-state index in [-0.39, 0.29) is 12.4 Å². The number of terminal acetylenes is 1. The zero-order chi connectivity index (χ0) is 15.2. The standard InChI is InChI=1S/C15H16O4S/c1-5-10-18-15-9-7-6-8-14(15)11-12(2)13(3)19-20(4,16)17/h1,6-9,11H,3,10H2,2,4H3/b12-11+. The quantitative estimate of drug-likeness (QED) is 0.350. The van der Waals surface area contributed by atoms with Crippen LogP contribution in [0, 0.1) is 12.3 Å². The number of ether oxygens (including phenoxy) is 1. The SMILES string of the molecule is C#CCOc1ccccc1/C=C(\C)C(=C)OS(C)(=O)=O. The fourth-order valence-corrected chi connectivity index (χ4v) is 1.91. The van der Waals surface area contributed by atoms with Gasteiger partial charge in [-0.2, -0.15) is 8.42 Å². The minimum Gasteiger partial charge on any atom is -0.480 e. The number of allylic oxidation sites excluding steroid dienone is 1. The average Bonchev–Trinajstić information content (AvgIpc) is 2.35. The van der Waals surface area contributed by atoms with E-state index < -0.39 is 10.1 Å². The Labute approximate surface area is 119 Å². The van der Waals surface area contributed by atoms with E-state index in [1.54, 1.807) is 19.1 Å². The topological polar surface area (TPSA) is 52.6 Å². The molecule has 106 valence electrons. The molecule has 1 aromatic carbocycles. The van der Waals surface area contributed by atoms with Gasteiger partial charge in [0, 0.05) is 5.56 Å². The molecule has 0 aliphatic carbocycles. The molecule has 0 N–H and O–H groups in total. The monoisotopic (exact) mass is 292 g/mol. The van der Waals surface area contributed by atoms with Crippen LogP contribution < -0.4 is 4.74 Å². The molecule has 0 amide bonds. The lowest BCUT2D eigenvalue weighted by Gasteiger charge is -2.09. The van der Waals surface area contributed by atoms with Crippen LogP contribution in [0.25, 0.3) is 6.08 Å². The summed E-state index contributed by atoms with van der Waals surface area (Å²) in [5.74, 6) is 3.06. The van der Waals surface area contributed by atoms with Crippen molar-refractivity contribution in [2.45, 2.75) is 6.92 Å². The Morgan fingerprint density at radius 1 is 1.45 bits per heavy atom. The zero-order valence-corrected chi connectivity index (χ0v) is 12.2. The van der Waals surface area contributed by atoms with E-state index in [1.165, 1.54) is 0 Å². The predicted molar refractivity (Wildman–Crippen MR) is 79.5 cm³/mol. The molecule has 1 rings (SSSR count). The molecule has 0 aliphatic heterocycles. The Morgan fingerprint density at radius 2 is 2.10 bits per heavy atom. The minimum atomic E-state index is -3.58. The summed E-state index contributed by atoms with van der Waals surface area (Å²) in [5, 5.41) is 0. The van der Waals surface area contributed by atoms with Gasteiger partial charge in [0.15, 0.2) is 0 Å². The van der Waals surface area contributed by atoms with Crippen molar-refractivity contribution >= 4 is 16.2 Å². The van der Waals surface area contributed by atoms with Crippen LogP contribution in [0.15, 0.2) is 42.2 Å². The van der Waals surface area contributed by atoms with E-state index in [4.69, 9.17) is 15.3 Å². The highest BCUT2D eigenvalue weighted by atomic mass is 32.2. The summed E-state index contributed by atoms with van der Waals surface area (Å²) in [6.45, 7) is 5.44. The fraction of sp³-hybridized carbons (Fsp3) is 0.200. The van der Waals surface area contributed by atoms with Gasteiger partial charge in [0.25, 0.3) is 0 Å². The van der Waals surface area contributed by atoms with Crippen LogP contribution in [0.3, 0.4) is 0 Å². The first-order valence-corrected chi connectivity index (χ1v) is 7.57. The van der Waals surface area contributed by atoms with Gasteiger partial charge < -0.3 is 8.92 Å². The Kier molecular flexibility index (Phi) is 5.42. The summed E-state index contributed by atoms with van der Waals surface area (Å²) in [5.41, 5.74) is 1.34. The van der Waals surface area contributed by atoms with Gasteiger partial charge in [-0.3, -0.25) is 0 Å². The number of rotatable bonds is 6. The maximum Gasteiger partial charge on any atom is 0.306 e. The molecule has 5 heteroatoms. The molecule has 0 spiro atoms. The normalized spacial score (nSPS) is 11.6. The second-order valence-electron chi connectivity index (χ2n) is 4.07. The Hall–Kier alpha value is -2.19. The molecular weight excluding hydrogens is 276 g/mol. The highest BCUT2D eigenvalue weighted by Crippen LogP contribution is 2.23. The second-order valence-corrected chi connectivity index (χ2v) is 5.64. The van der Waals surface area contributed by atoms with Crippen LogP contribution in [0.2, 0.25) is 0 Å². The number of hydrogen-bond donors (Lipinski definition) is 0. The van der Waals surface area contributed by atoms with Gasteiger partial charge in [0.2, 0.25) is 0 Å². The van der Waals surface area contributed by atoms with Crippen molar-refractivity contribution in [3.8, 4) is 18.1 Å². The molecule has 4 nitrogen and oxygen atoms in total. The molecule has 0 fully saturated rings. The van der Waals surface area contributed by atoms with Crippen LogP contribution in [0.5, 0.6) is 5.75 Å². The van der Waals surface area contributed by atoms with Gasteiger partial charge in [-0.15, -0.1) is 6.42 Å². The van der Waals surface area contributed by atoms with Gasteiger partial charge >= 0.3 is 10.1 Å². The Balaban J connectivity index is 2.99. The van der Waals surface area contributed by atoms with Crippen molar-refractivity contribution in [3.05, 3.63) is 47.7 Å². The Morgan fingerprint density at radius 3 is 2.70 bits per heavy atom. The van der Waals surface area contributed by atoms with Gasteiger partial charge in [-0.1, -0.05) is 30.7 Å². The van der Waals surface area contributed by atoms with E-state index in [0.717, 1.165) is 11.8 Å². The van der Waals surface area contributed by atoms with Crippen LogP contribution in [-0.2, 0) is 14.3 Å². The van der Waals surface area contributed by atoms with Crippen molar-refractivity contribution < 1.29 is 17.3 Å². The van der Waals surface area contributed by atoms with E-state index in [0.29, 0.717) is 11.3 Å². The van der Waals surface area contributed by atoms with Crippen molar-refractivity contribution in [3.63, 3.8) is 0 Å². The lowest BCUT2D eigenvalue weighted by Crippen LogP contribution is -2.02. The Bertz CT molecular complexity index is 663. The first-order chi connectivity index (χ1) is 9.33. The molecule has 20 heavy (non-hydrogen) atoms. The maximum absolute atomic E-state index is 11.0. The van der Waals surface area contributed by atoms with E-state index in [2.05, 4.69) is 12.5 Å². The summed E-state index contributed by atoms with van der Waals surface area (Å²) in [6, 6.07) is 7.25. The van der Waals surface area contributed by atoms with Gasteiger partial charge in [0.1, 0.15) is 18.1 Å². The number of para-hydroxylation sites is 1. The molecule has 0 heterocycles. The average molecular weight is 292 g/mol. The molecule has 0 bridgehead atoms. The van der Waals surface area contributed by atoms with Crippen LogP contribution in [-0.4, -0.2) is 21.3 Å². The fourth-order valence-electron chi connectivity index (χ4n) is 1.41. The van der Waals surface area contributed by atoms with Crippen molar-refractivity contribution in [1.82, 2.24) is 0 Å². The summed E-state index contributed by atoms with van der Waals surface area (Å²) in [6.07, 6.45) is 7.84. The van der Waals surface area contributed by atoms with Crippen LogP contribution >= 0.6 is 0 Å². The van der Waals surface area contributed by atoms with Gasteiger partial charge in [-0.25, -0.2) is 0 Å². The minimum absolute atomic E-state index is 0.0688. The second kappa shape index (κ2) is 6.83. The zero-order valence-electron chi connectivity index (χ0n) is 11.4. The maximum atomic E-state index is 11.0. The summed E-state index contributed by atoms with van der Waals surface area (Å²) >= 11 is 0. The van der Waals surface area contributed by atoms with Gasteiger partial charge in [0.05, 0.1) is 6.26 Å². The molecule has 0 saturated heterocycles. The van der Waals surface area contributed by atoms with Crippen molar-refractivity contribution in [2.75, 3.05) is 12.9 Å². The number of benzene rings is 1. The van der Waals surface area contributed by atoms with Gasteiger partial charge in [-0.05, 0) is 24.6 Å². The summed E-state index contributed by atoms with van der Waals surface area (Å²) < 4.78 is 32.2. The van der Waals surface area contributed by atoms with Crippen LogP contribution in [0.4, 0.5) is 0 Å². The number of hydrogen-bond acceptors (Lipinski definition) is 4. The molecular formula is C15H16O4S. The molecule has 0 unspecified atom stereocenters. The molecule has 0 saturated carbocycles. The summed E-state index contributed by atoms with van der Waals surface area (Å²) in [7, 11) is -3.58. The smallest absolute Gasteiger partial charge is 0.306 e. The van der Waals surface area contributed by atoms with Crippen molar-refractivity contribution in [2.24, 2.45) is 0 Å². The van der Waals surface area contributed by atoms with Crippen molar-refractivity contribution in [1.29, 1.82) is 0 Å². The third-order valence-corrected chi connectivity index (χ3v) is 2.80. The molecule has 0 radical (unpaired) electrons. The van der Waals surface area contributed by atoms with E-state index in [9.17, 15) is 8.42 Å². The largest absolute Gasteiger partial charge is 0.480 e. The third kappa shape index (κ3) is 5.21. The van der Waals surface area contributed by atoms with Crippen LogP contribution in [0.1, 0.15) is 12.5 Å². The first kappa shape index (κ1) is 15.9. The lowest BCUT2D eigenvalue weighted by molar-refractivity contribution is 0.369.